The maximum atomic E-state index is 2.79. The molecule has 0 heterocycles. The van der Waals surface area contributed by atoms with Gasteiger partial charge in [-0.25, -0.2) is 0 Å². The van der Waals surface area contributed by atoms with Crippen molar-refractivity contribution in [2.45, 2.75) is 58.5 Å². The van der Waals surface area contributed by atoms with Gasteiger partial charge in [-0.15, -0.1) is 0 Å². The minimum absolute atomic E-state index is 0. The fourth-order valence-corrected chi connectivity index (χ4v) is 6.00. The normalized spacial score (nSPS) is 10.2. The summed E-state index contributed by atoms with van der Waals surface area (Å²) in [5.74, 6) is 0. The van der Waals surface area contributed by atoms with Gasteiger partial charge in [-0.1, -0.05) is 0 Å². The second-order valence-electron chi connectivity index (χ2n) is 3.96. The van der Waals surface area contributed by atoms with Crippen molar-refractivity contribution in [2.24, 2.45) is 0 Å². The van der Waals surface area contributed by atoms with Crippen LogP contribution in [0.5, 0.6) is 0 Å². The summed E-state index contributed by atoms with van der Waals surface area (Å²) in [4.78, 5) is 0. The first-order chi connectivity index (χ1) is 5.46. The summed E-state index contributed by atoms with van der Waals surface area (Å²) >= 11 is 5.35. The number of hydrogen-bond donors (Lipinski definition) is 0. The molecule has 0 fully saturated rings. The van der Waals surface area contributed by atoms with Crippen molar-refractivity contribution in [1.82, 2.24) is 0 Å². The molecule has 0 amide bonds. The second-order valence-corrected chi connectivity index (χ2v) is 8.43. The van der Waals surface area contributed by atoms with Crippen molar-refractivity contribution >= 4 is 21.4 Å². The van der Waals surface area contributed by atoms with Gasteiger partial charge in [0.05, 0.1) is 17.0 Å². The molecule has 0 aliphatic heterocycles. The Hall–Kier alpha value is 1.57. The van der Waals surface area contributed by atoms with Crippen LogP contribution in [0.15, 0.2) is 0 Å². The fraction of sp³-hybridized carbons (Fsp3) is 0.900. The molecule has 0 atom stereocenters. The molecule has 0 bridgehead atoms. The first-order valence-corrected chi connectivity index (χ1v) is 9.74. The summed E-state index contributed by atoms with van der Waals surface area (Å²) < 4.78 is 0. The zero-order valence-corrected chi connectivity index (χ0v) is 14.1. The van der Waals surface area contributed by atoms with E-state index in [1.165, 1.54) is 0 Å². The van der Waals surface area contributed by atoms with Gasteiger partial charge in [-0.05, 0) is 41.5 Å². The Bertz CT molecular complexity index is 75.9. The zero-order chi connectivity index (χ0) is 10.3. The van der Waals surface area contributed by atoms with Crippen LogP contribution >= 0.6 is 21.4 Å². The predicted octanol–water partition coefficient (Wildman–Crippen LogP) is 4.72. The van der Waals surface area contributed by atoms with Crippen LogP contribution in [-0.4, -0.2) is 17.0 Å². The molecule has 0 saturated carbocycles. The predicted molar refractivity (Wildman–Crippen MR) is 69.1 cm³/mol. The molecule has 0 spiro atoms. The third-order valence-electron chi connectivity index (χ3n) is 2.00. The van der Waals surface area contributed by atoms with E-state index < -0.39 is 0 Å². The van der Waals surface area contributed by atoms with Gasteiger partial charge in [0.2, 0.25) is 0 Å². The molecule has 3 heteroatoms. The molecule has 0 unspecified atom stereocenters. The van der Waals surface area contributed by atoms with Crippen LogP contribution in [0.25, 0.3) is 0 Å². The van der Waals surface area contributed by atoms with Gasteiger partial charge in [0.15, 0.2) is 0 Å². The van der Waals surface area contributed by atoms with Crippen molar-refractivity contribution in [2.75, 3.05) is 0 Å². The first-order valence-electron chi connectivity index (χ1n) is 4.45. The molecule has 0 aliphatic rings. The standard InChI is InChI=1S/C9H21P.CH3.BrH.Pd/c1-7(2)10(8(3)4)9(5)6;;;/h7-9H,1-6H3;1H3;1H;/q;-1;;+2. The quantitative estimate of drug-likeness (QED) is 0.387. The smallest absolute Gasteiger partial charge is 0.358 e. The molecule has 0 N–H and O–H groups in total. The van der Waals surface area contributed by atoms with Crippen molar-refractivity contribution in [3.05, 3.63) is 7.43 Å². The van der Waals surface area contributed by atoms with E-state index >= 15 is 0 Å². The van der Waals surface area contributed by atoms with E-state index in [9.17, 15) is 0 Å². The first kappa shape index (κ1) is 20.0. The van der Waals surface area contributed by atoms with E-state index in [1.807, 2.05) is 0 Å². The Morgan fingerprint density at radius 3 is 0.923 bits per heavy atom. The molecule has 0 aromatic rings. The second kappa shape index (κ2) is 11.6. The Kier molecular flexibility index (Phi) is 18.0. The summed E-state index contributed by atoms with van der Waals surface area (Å²) in [7, 11) is -0.0957. The minimum Gasteiger partial charge on any atom is -0.358 e. The summed E-state index contributed by atoms with van der Waals surface area (Å²) in [6, 6.07) is 0. The van der Waals surface area contributed by atoms with E-state index in [1.54, 1.807) is 0 Å². The molecule has 0 nitrogen and oxygen atoms in total. The Morgan fingerprint density at radius 1 is 0.769 bits per heavy atom. The zero-order valence-electron chi connectivity index (χ0n) is 9.93. The third kappa shape index (κ3) is 9.87. The molecular formula is C10H25BrPPd+. The van der Waals surface area contributed by atoms with E-state index in [4.69, 9.17) is 0 Å². The molecular weight excluding hydrogens is 337 g/mol. The maximum Gasteiger partial charge on any atom is -0.358 e. The van der Waals surface area contributed by atoms with Crippen LogP contribution in [0.4, 0.5) is 0 Å². The van der Waals surface area contributed by atoms with Gasteiger partial charge in [-0.3, -0.25) is 0 Å². The van der Waals surface area contributed by atoms with Gasteiger partial charge < -0.3 is 7.43 Å². The molecule has 0 rings (SSSR count). The third-order valence-corrected chi connectivity index (χ3v) is 6.00. The van der Waals surface area contributed by atoms with Crippen LogP contribution in [0, 0.1) is 7.43 Å². The van der Waals surface area contributed by atoms with Crippen molar-refractivity contribution in [3.63, 3.8) is 0 Å². The van der Waals surface area contributed by atoms with Crippen molar-refractivity contribution < 1.29 is 17.2 Å². The van der Waals surface area contributed by atoms with Gasteiger partial charge in [-0.2, -0.15) is 0 Å². The van der Waals surface area contributed by atoms with Gasteiger partial charge >= 0.3 is 30.6 Å². The van der Waals surface area contributed by atoms with Gasteiger partial charge in [0.1, 0.15) is 0 Å². The van der Waals surface area contributed by atoms with E-state index in [0.717, 1.165) is 17.0 Å². The van der Waals surface area contributed by atoms with Crippen molar-refractivity contribution in [1.29, 1.82) is 0 Å². The Balaban J connectivity index is -0.000000309. The Labute approximate surface area is 104 Å². The summed E-state index contributed by atoms with van der Waals surface area (Å²) in [6.45, 7) is 14.2. The molecule has 0 saturated heterocycles. The summed E-state index contributed by atoms with van der Waals surface area (Å²) in [5, 5.41) is 0. The fourth-order valence-electron chi connectivity index (χ4n) is 2.00. The SMILES string of the molecule is CC(C)[PH+](C(C)C)C(C)C.[Br][Pd+].[CH3-]. The molecule has 0 aromatic heterocycles. The van der Waals surface area contributed by atoms with Crippen LogP contribution in [0.1, 0.15) is 41.5 Å². The number of halogens is 1. The summed E-state index contributed by atoms with van der Waals surface area (Å²) in [5.41, 5.74) is 2.81. The average molecular weight is 363 g/mol. The van der Waals surface area contributed by atoms with Gasteiger partial charge in [0.25, 0.3) is 0 Å². The molecule has 0 aromatic carbocycles. The van der Waals surface area contributed by atoms with Crippen LogP contribution in [-0.2, 0) is 17.2 Å². The molecule has 0 aliphatic carbocycles. The van der Waals surface area contributed by atoms with Crippen LogP contribution in [0.3, 0.4) is 0 Å². The number of hydrogen-bond acceptors (Lipinski definition) is 0. The average Bonchev–Trinajstić information content (AvgIpc) is 1.88. The van der Waals surface area contributed by atoms with Crippen molar-refractivity contribution in [3.8, 4) is 0 Å². The monoisotopic (exact) mass is 361 g/mol. The topological polar surface area (TPSA) is 0 Å². The van der Waals surface area contributed by atoms with E-state index in [-0.39, 0.29) is 15.3 Å². The maximum absolute atomic E-state index is 2.79. The molecule has 86 valence electrons. The van der Waals surface area contributed by atoms with Crippen LogP contribution in [0.2, 0.25) is 0 Å². The van der Waals surface area contributed by atoms with Gasteiger partial charge in [0, 0.05) is 7.92 Å². The van der Waals surface area contributed by atoms with Crippen LogP contribution < -0.4 is 0 Å². The minimum atomic E-state index is -0.0957. The largest absolute Gasteiger partial charge is 0.358 e. The van der Waals surface area contributed by atoms with E-state index in [0.29, 0.717) is 0 Å². The number of rotatable bonds is 3. The molecule has 13 heavy (non-hydrogen) atoms. The van der Waals surface area contributed by atoms with E-state index in [2.05, 4.69) is 72.2 Å². The molecule has 0 radical (unpaired) electrons. The Morgan fingerprint density at radius 2 is 0.923 bits per heavy atom. The summed E-state index contributed by atoms with van der Waals surface area (Å²) in [6.07, 6.45) is 0.